The van der Waals surface area contributed by atoms with E-state index in [0.29, 0.717) is 13.1 Å². The van der Waals surface area contributed by atoms with Crippen molar-refractivity contribution in [3.63, 3.8) is 0 Å². The van der Waals surface area contributed by atoms with Crippen LogP contribution in [-0.2, 0) is 0 Å². The summed E-state index contributed by atoms with van der Waals surface area (Å²) in [6, 6.07) is 0. The van der Waals surface area contributed by atoms with Gasteiger partial charge in [-0.15, -0.1) is 0 Å². The minimum atomic E-state index is 0. The van der Waals surface area contributed by atoms with E-state index in [1.807, 2.05) is 0 Å². The molecule has 0 atom stereocenters. The molecule has 0 radical (unpaired) electrons. The van der Waals surface area contributed by atoms with E-state index in [9.17, 15) is 0 Å². The third-order valence-corrected chi connectivity index (χ3v) is 0. The second-order valence-electron chi connectivity index (χ2n) is 0.707. The molecule has 0 rings (SSSR count). The van der Waals surface area contributed by atoms with Gasteiger partial charge in [-0.2, -0.15) is 13.1 Å². The van der Waals surface area contributed by atoms with Gasteiger partial charge < -0.3 is 11.5 Å². The molecule has 0 fully saturated rings. The molecule has 0 aromatic heterocycles. The normalized spacial score (nSPS) is 5.14. The van der Waals surface area contributed by atoms with Crippen molar-refractivity contribution in [1.29, 1.82) is 0 Å². The van der Waals surface area contributed by atoms with Crippen molar-refractivity contribution in [2.24, 2.45) is 0 Å². The zero-order chi connectivity index (χ0) is 5.41. The molecule has 3 heteroatoms. The predicted octanol–water partition coefficient (Wildman–Crippen LogP) is 1.74. The van der Waals surface area contributed by atoms with Gasteiger partial charge in [0.15, 0.2) is 0 Å². The van der Waals surface area contributed by atoms with E-state index >= 15 is 0 Å². The maximum atomic E-state index is 6.21. The van der Waals surface area contributed by atoms with Gasteiger partial charge in [0.05, 0.1) is 0 Å². The van der Waals surface area contributed by atoms with E-state index in [4.69, 9.17) is 11.5 Å². The summed E-state index contributed by atoms with van der Waals surface area (Å²) in [6.07, 6.45) is 0. The van der Waals surface area contributed by atoms with Gasteiger partial charge in [0.2, 0.25) is 0 Å². The first-order chi connectivity index (χ1) is 2.83. The molecule has 0 spiro atoms. The molecule has 40 valence electrons. The molecule has 2 nitrogen and oxygen atoms in total. The standard InChI is InChI=1S/2C2H6N.Be/c2*1-2-3;/h2*3H,2H2,1H3;/q2*-1;+2. The Labute approximate surface area is 49.5 Å². The van der Waals surface area contributed by atoms with Gasteiger partial charge in [0.1, 0.15) is 0 Å². The Morgan fingerprint density at radius 2 is 1.00 bits per heavy atom. The van der Waals surface area contributed by atoms with E-state index in [1.54, 1.807) is 13.8 Å². The number of nitrogens with one attached hydrogen (secondary N) is 2. The van der Waals surface area contributed by atoms with Crippen molar-refractivity contribution in [3.8, 4) is 0 Å². The van der Waals surface area contributed by atoms with Crippen molar-refractivity contribution < 1.29 is 0 Å². The smallest absolute Gasteiger partial charge is 0.678 e. The van der Waals surface area contributed by atoms with Crippen LogP contribution in [0.1, 0.15) is 13.8 Å². The quantitative estimate of drug-likeness (QED) is 0.413. The minimum absolute atomic E-state index is 0. The topological polar surface area (TPSA) is 47.6 Å². The zero-order valence-corrected chi connectivity index (χ0v) is 5.12. The third-order valence-electron chi connectivity index (χ3n) is 0. The summed E-state index contributed by atoms with van der Waals surface area (Å²) >= 11 is 0. The first-order valence-corrected chi connectivity index (χ1v) is 2.12. The van der Waals surface area contributed by atoms with Gasteiger partial charge in [0.25, 0.3) is 0 Å². The molecule has 0 saturated heterocycles. The molecule has 0 aromatic carbocycles. The number of hydrogen-bond acceptors (Lipinski definition) is 0. The zero-order valence-electron chi connectivity index (χ0n) is 5.12. The average molecular weight is 97.2 g/mol. The molecule has 0 heterocycles. The van der Waals surface area contributed by atoms with Crippen molar-refractivity contribution in [2.45, 2.75) is 13.8 Å². The fourth-order valence-corrected chi connectivity index (χ4v) is 0. The van der Waals surface area contributed by atoms with E-state index in [-0.39, 0.29) is 10.1 Å². The van der Waals surface area contributed by atoms with E-state index in [0.717, 1.165) is 0 Å². The number of rotatable bonds is 0. The van der Waals surface area contributed by atoms with Crippen molar-refractivity contribution in [1.82, 2.24) is 0 Å². The first kappa shape index (κ1) is 15.7. The van der Waals surface area contributed by atoms with Crippen LogP contribution in [0.15, 0.2) is 0 Å². The molecular weight excluding hydrogens is 85.1 g/mol. The SMILES string of the molecule is CC[NH-].CC[NH-].[Be+2]. The van der Waals surface area contributed by atoms with Crippen LogP contribution in [0, 0.1) is 0 Å². The Kier molecular flexibility index (Phi) is 81.2. The average Bonchev–Trinajstić information content (AvgIpc) is 1.39. The first-order valence-electron chi connectivity index (χ1n) is 2.12. The Balaban J connectivity index is -0.0000000400. The third kappa shape index (κ3) is 12900. The molecule has 0 aromatic rings. The van der Waals surface area contributed by atoms with Crippen LogP contribution in [0.25, 0.3) is 11.5 Å². The van der Waals surface area contributed by atoms with Gasteiger partial charge in [-0.3, -0.25) is 0 Å². The Hall–Kier alpha value is 0.0888. The molecule has 0 bridgehead atoms. The maximum absolute atomic E-state index is 6.21. The largest absolute Gasteiger partial charge is 2.00 e. The number of hydrogen-bond donors (Lipinski definition) is 0. The molecule has 0 aliphatic heterocycles. The summed E-state index contributed by atoms with van der Waals surface area (Å²) in [5, 5.41) is 0. The van der Waals surface area contributed by atoms with Gasteiger partial charge in [-0.25, -0.2) is 0 Å². The molecular formula is C4H12BeN2. The van der Waals surface area contributed by atoms with Crippen LogP contribution < -0.4 is 0 Å². The molecule has 0 amide bonds. The molecule has 0 aliphatic rings. The Morgan fingerprint density at radius 3 is 1.00 bits per heavy atom. The van der Waals surface area contributed by atoms with Crippen molar-refractivity contribution >= 4 is 10.1 Å². The van der Waals surface area contributed by atoms with E-state index < -0.39 is 0 Å². The fraction of sp³-hybridized carbons (Fsp3) is 1.00. The van der Waals surface area contributed by atoms with Crippen molar-refractivity contribution in [2.75, 3.05) is 13.1 Å². The summed E-state index contributed by atoms with van der Waals surface area (Å²) < 4.78 is 0. The van der Waals surface area contributed by atoms with Gasteiger partial charge in [0, 0.05) is 0 Å². The summed E-state index contributed by atoms with van der Waals surface area (Å²) in [7, 11) is 0. The second-order valence-corrected chi connectivity index (χ2v) is 0.707. The van der Waals surface area contributed by atoms with Gasteiger partial charge in [-0.1, -0.05) is 13.8 Å². The Bertz CT molecular complexity index is 11.7. The molecule has 0 unspecified atom stereocenters. The summed E-state index contributed by atoms with van der Waals surface area (Å²) in [5.74, 6) is 0. The minimum Gasteiger partial charge on any atom is -0.678 e. The van der Waals surface area contributed by atoms with Crippen LogP contribution in [0.4, 0.5) is 0 Å². The van der Waals surface area contributed by atoms with Crippen LogP contribution in [0.2, 0.25) is 0 Å². The summed E-state index contributed by atoms with van der Waals surface area (Å²) in [4.78, 5) is 0. The fourth-order valence-electron chi connectivity index (χ4n) is 0. The van der Waals surface area contributed by atoms with Crippen LogP contribution >= 0.6 is 0 Å². The monoisotopic (exact) mass is 97.1 g/mol. The molecule has 0 aliphatic carbocycles. The predicted molar refractivity (Wildman–Crippen MR) is 35.5 cm³/mol. The maximum Gasteiger partial charge on any atom is 2.00 e. The van der Waals surface area contributed by atoms with Crippen LogP contribution in [-0.4, -0.2) is 23.2 Å². The van der Waals surface area contributed by atoms with Gasteiger partial charge >= 0.3 is 10.1 Å². The van der Waals surface area contributed by atoms with Gasteiger partial charge in [-0.05, 0) is 0 Å². The summed E-state index contributed by atoms with van der Waals surface area (Å²) in [6.45, 7) is 4.58. The van der Waals surface area contributed by atoms with E-state index in [1.165, 1.54) is 0 Å². The van der Waals surface area contributed by atoms with Crippen LogP contribution in [0.3, 0.4) is 0 Å². The molecule has 7 heavy (non-hydrogen) atoms. The summed E-state index contributed by atoms with van der Waals surface area (Å²) in [5.41, 5.74) is 12.4. The molecule has 2 N–H and O–H groups in total. The van der Waals surface area contributed by atoms with E-state index in [2.05, 4.69) is 0 Å². The second kappa shape index (κ2) is 36.1. The van der Waals surface area contributed by atoms with Crippen LogP contribution in [0.5, 0.6) is 0 Å². The molecule has 0 saturated carbocycles. The van der Waals surface area contributed by atoms with Crippen molar-refractivity contribution in [3.05, 3.63) is 11.5 Å². The Morgan fingerprint density at radius 1 is 1.00 bits per heavy atom.